The second-order valence-corrected chi connectivity index (χ2v) is 30.5. The van der Waals surface area contributed by atoms with Gasteiger partial charge in [-0.15, -0.1) is 0 Å². The second-order valence-electron chi connectivity index (χ2n) is 30.5. The van der Waals surface area contributed by atoms with Gasteiger partial charge in [0.05, 0.1) is 0 Å². The molecule has 0 bridgehead atoms. The summed E-state index contributed by atoms with van der Waals surface area (Å²) in [5.74, 6) is -3.30. The number of hydrogen-bond acceptors (Lipinski definition) is 9. The Morgan fingerprint density at radius 2 is 0.296 bits per heavy atom. The molecule has 0 aliphatic rings. The Morgan fingerprint density at radius 3 is 0.407 bits per heavy atom. The molecule has 19 nitrogen and oxygen atoms in total. The largest absolute Gasteiger partial charge is 0.481 e. The molecule has 0 aromatic rings. The molecule has 0 saturated heterocycles. The first kappa shape index (κ1) is 112. The quantitative estimate of drug-likeness (QED) is 0.0263. The van der Waals surface area contributed by atoms with Crippen LogP contribution in [0.1, 0.15) is 466 Å². The molecule has 0 unspecified atom stereocenters. The van der Waals surface area contributed by atoms with Gasteiger partial charge in [-0.2, -0.15) is 0 Å². The lowest BCUT2D eigenvalue weighted by atomic mass is 10.0. The molecule has 6 amide bonds. The first-order chi connectivity index (χ1) is 52.2. The van der Waals surface area contributed by atoms with Gasteiger partial charge in [0.15, 0.2) is 0 Å². The zero-order valence-electron chi connectivity index (χ0n) is 71.8. The van der Waals surface area contributed by atoms with Crippen molar-refractivity contribution in [3.05, 3.63) is 0 Å². The van der Waals surface area contributed by atoms with Gasteiger partial charge in [0, 0.05) is 106 Å². The van der Waals surface area contributed by atoms with E-state index < -0.39 is 23.9 Å². The van der Waals surface area contributed by atoms with Crippen molar-refractivity contribution in [1.29, 1.82) is 0 Å². The lowest BCUT2D eigenvalue weighted by Gasteiger charge is -2.31. The van der Waals surface area contributed by atoms with Gasteiger partial charge in [0.1, 0.15) is 0 Å². The molecule has 0 aromatic carbocycles. The number of unbranched alkanes of at least 4 members (excludes halogenated alkanes) is 56. The molecule has 0 fully saturated rings. The highest BCUT2D eigenvalue weighted by Crippen LogP contribution is 2.19. The molecule has 0 aliphatic heterocycles. The summed E-state index contributed by atoms with van der Waals surface area (Å²) < 4.78 is 0. The molecule has 108 heavy (non-hydrogen) atoms. The second kappa shape index (κ2) is 96.2. The van der Waals surface area contributed by atoms with Crippen LogP contribution in [0.2, 0.25) is 0 Å². The minimum Gasteiger partial charge on any atom is -0.481 e. The molecule has 8 N–H and O–H groups in total. The third-order valence-corrected chi connectivity index (χ3v) is 19.4. The number of urea groups is 1. The van der Waals surface area contributed by atoms with Gasteiger partial charge in [0.2, 0.25) is 23.6 Å². The lowest BCUT2D eigenvalue weighted by Crippen LogP contribution is -2.51. The van der Waals surface area contributed by atoms with Crippen molar-refractivity contribution >= 4 is 53.5 Å². The summed E-state index contributed by atoms with van der Waals surface area (Å²) in [7, 11) is 0. The number of nitrogens with one attached hydrogen (secondary N) is 4. The number of rotatable bonds is 76. The van der Waals surface area contributed by atoms with Crippen LogP contribution in [-0.2, 0) is 38.4 Å². The van der Waals surface area contributed by atoms with E-state index in [1.165, 1.54) is 308 Å². The number of amides is 6. The molecular weight excluding hydrogens is 1360 g/mol. The van der Waals surface area contributed by atoms with Crippen molar-refractivity contribution in [2.45, 2.75) is 466 Å². The molecule has 0 aliphatic carbocycles. The number of carboxylic acid groups (broad SMARTS) is 4. The van der Waals surface area contributed by atoms with E-state index >= 15 is 0 Å². The summed E-state index contributed by atoms with van der Waals surface area (Å²) in [5.41, 5.74) is 0. The molecule has 0 rings (SSSR count). The maximum Gasteiger partial charge on any atom is 0.320 e. The average Bonchev–Trinajstić information content (AvgIpc) is 0.885. The summed E-state index contributed by atoms with van der Waals surface area (Å²) in [6.45, 7) is 15.9. The highest BCUT2D eigenvalue weighted by Gasteiger charge is 2.22. The van der Waals surface area contributed by atoms with Crippen LogP contribution in [0, 0.1) is 0 Å². The van der Waals surface area contributed by atoms with E-state index in [4.69, 9.17) is 39.6 Å². The van der Waals surface area contributed by atoms with Gasteiger partial charge >= 0.3 is 6.03 Å². The van der Waals surface area contributed by atoms with Crippen LogP contribution in [0.5, 0.6) is 0 Å². The number of aliphatic carboxylic acids is 4. The number of nitrogens with zero attached hydrogens (tertiary/aromatic N) is 2. The zero-order chi connectivity index (χ0) is 81.1. The minimum absolute atomic E-state index is 0.00865. The van der Waals surface area contributed by atoms with Gasteiger partial charge in [-0.1, -0.05) is 387 Å². The first-order valence-corrected chi connectivity index (χ1v) is 45.1. The molecule has 0 heterocycles. The Bertz CT molecular complexity index is 1700. The van der Waals surface area contributed by atoms with Crippen molar-refractivity contribution < 1.29 is 63.6 Å². The van der Waals surface area contributed by atoms with E-state index in [2.05, 4.69) is 49.0 Å². The van der Waals surface area contributed by atoms with Gasteiger partial charge in [-0.25, -0.2) is 4.79 Å². The first-order valence-electron chi connectivity index (χ1n) is 45.1. The Morgan fingerprint density at radius 1 is 0.194 bits per heavy atom. The highest BCUT2D eigenvalue weighted by molar-refractivity contribution is 5.78. The Kier molecular flexibility index (Phi) is 99.4. The number of carbonyl (C=O) groups excluding carboxylic acids is 5. The normalized spacial score (nSPS) is 10.6. The van der Waals surface area contributed by atoms with Crippen LogP contribution in [0.15, 0.2) is 0 Å². The van der Waals surface area contributed by atoms with E-state index in [9.17, 15) is 24.0 Å². The predicted octanol–water partition coefficient (Wildman–Crippen LogP) is 23.6. The number of hydrogen-bond donors (Lipinski definition) is 8. The minimum atomic E-state index is -0.833. The fourth-order valence-corrected chi connectivity index (χ4v) is 13.1. The van der Waals surface area contributed by atoms with Crippen LogP contribution < -0.4 is 21.3 Å². The van der Waals surface area contributed by atoms with Crippen LogP contribution in [0.4, 0.5) is 4.79 Å². The highest BCUT2D eigenvalue weighted by atomic mass is 16.4. The van der Waals surface area contributed by atoms with Crippen molar-refractivity contribution in [3.8, 4) is 0 Å². The van der Waals surface area contributed by atoms with Gasteiger partial charge < -0.3 is 51.5 Å². The predicted molar refractivity (Wildman–Crippen MR) is 452 cm³/mol. The molecular formula is C89H176N6O13. The smallest absolute Gasteiger partial charge is 0.320 e. The van der Waals surface area contributed by atoms with Crippen LogP contribution >= 0.6 is 0 Å². The topological polar surface area (TPSA) is 289 Å². The third-order valence-electron chi connectivity index (χ3n) is 19.4. The summed E-state index contributed by atoms with van der Waals surface area (Å²) >= 11 is 0. The van der Waals surface area contributed by atoms with Crippen molar-refractivity contribution in [1.82, 2.24) is 31.1 Å². The van der Waals surface area contributed by atoms with Crippen molar-refractivity contribution in [3.63, 3.8) is 0 Å². The Hall–Kier alpha value is -4.97. The number of carbonyl (C=O) groups is 9. The molecule has 19 heteroatoms. The molecule has 640 valence electrons. The van der Waals surface area contributed by atoms with E-state index in [1.54, 1.807) is 9.80 Å². The van der Waals surface area contributed by atoms with Crippen LogP contribution in [-0.4, -0.2) is 136 Å². The van der Waals surface area contributed by atoms with E-state index in [0.29, 0.717) is 78.0 Å². The Labute approximate surface area is 663 Å². The molecule has 0 spiro atoms. The Balaban J connectivity index is -0.00000199. The third kappa shape index (κ3) is 112. The maximum atomic E-state index is 14.7. The summed E-state index contributed by atoms with van der Waals surface area (Å²) in [6, 6.07) is -0.216. The van der Waals surface area contributed by atoms with Crippen molar-refractivity contribution in [2.75, 3.05) is 52.4 Å². The van der Waals surface area contributed by atoms with Gasteiger partial charge in [-0.3, -0.25) is 38.4 Å². The molecule has 0 aromatic heterocycles. The van der Waals surface area contributed by atoms with E-state index in [1.807, 2.05) is 0 Å². The van der Waals surface area contributed by atoms with E-state index in [0.717, 1.165) is 105 Å². The number of carboxylic acids is 4. The monoisotopic (exact) mass is 1540 g/mol. The lowest BCUT2D eigenvalue weighted by molar-refractivity contribution is -0.135. The molecule has 0 atom stereocenters. The fourth-order valence-electron chi connectivity index (χ4n) is 13.1. The van der Waals surface area contributed by atoms with Crippen LogP contribution in [0.25, 0.3) is 0 Å². The van der Waals surface area contributed by atoms with Gasteiger partial charge in [0.25, 0.3) is 23.9 Å². The van der Waals surface area contributed by atoms with Gasteiger partial charge in [-0.05, 0) is 25.7 Å². The van der Waals surface area contributed by atoms with Crippen molar-refractivity contribution in [2.24, 2.45) is 0 Å². The maximum absolute atomic E-state index is 14.7. The fraction of sp³-hybridized carbons (Fsp3) is 0.899. The SMILES string of the molecule is CC(=O)O.CC(=O)O.CC(=O)O.CC(=O)O.CCCCCCCCCCCCCCCCCC(=O)NCCN(CCNC(=O)CCCCCCCCCCCCCCCCC)C(=O)N(CCNC(=O)CCCCCCCCCCCCCCCCC)CCNC(=O)CCCCCCCCCCCCCCCCC. The summed E-state index contributed by atoms with van der Waals surface area (Å²) in [6.07, 6.45) is 78.9. The zero-order valence-corrected chi connectivity index (χ0v) is 71.8. The summed E-state index contributed by atoms with van der Waals surface area (Å²) in [5, 5.41) is 42.1. The van der Waals surface area contributed by atoms with Crippen LogP contribution in [0.3, 0.4) is 0 Å². The molecule has 0 saturated carbocycles. The summed E-state index contributed by atoms with van der Waals surface area (Å²) in [4.78, 5) is 107. The average molecular weight is 1540 g/mol. The molecule has 0 radical (unpaired) electrons. The van der Waals surface area contributed by atoms with E-state index in [-0.39, 0.29) is 29.7 Å². The standard InChI is InChI=1S/C81H160N6O5.4C2H4O2/c1-5-9-13-17-21-25-29-33-37-41-45-49-53-57-61-65-77(88)82-69-73-86(74-70-83-78(89)66-62-58-54-50-46-42-38-34-30-26-22-18-14-10-6-2)81(92)87(75-71-84-79(90)67-63-59-55-51-47-43-39-35-31-27-23-19-15-11-7-3)76-72-85-80(91)68-64-60-56-52-48-44-40-36-32-28-24-20-16-12-8-4;4*1-2(3)4/h5-76H2,1-4H3,(H,82,88)(H,83,89)(H,84,90)(H,85,91);4*1H3,(H,3,4).